The summed E-state index contributed by atoms with van der Waals surface area (Å²) in [6, 6.07) is 10.2. The number of carbonyl (C=O) groups excluding carboxylic acids is 1. The average Bonchev–Trinajstić information content (AvgIpc) is 3.08. The van der Waals surface area contributed by atoms with Crippen molar-refractivity contribution in [1.29, 1.82) is 0 Å². The van der Waals surface area contributed by atoms with Gasteiger partial charge < -0.3 is 19.5 Å². The van der Waals surface area contributed by atoms with E-state index < -0.39 is 5.60 Å². The van der Waals surface area contributed by atoms with Crippen LogP contribution < -0.4 is 0 Å². The number of rotatable bonds is 2. The number of pyridine rings is 1. The number of ether oxygens (including phenoxy) is 2. The Kier molecular flexibility index (Phi) is 4.11. The third kappa shape index (κ3) is 2.76. The molecule has 130 valence electrons. The fraction of sp³-hybridized carbons (Fsp3) is 0.333. The van der Waals surface area contributed by atoms with Crippen LogP contribution >= 0.6 is 11.6 Å². The summed E-state index contributed by atoms with van der Waals surface area (Å²) in [6.07, 6.45) is 2.07. The highest BCUT2D eigenvalue weighted by Gasteiger charge is 2.52. The van der Waals surface area contributed by atoms with Crippen molar-refractivity contribution in [3.05, 3.63) is 58.9 Å². The molecule has 0 aliphatic carbocycles. The number of halogens is 1. The highest BCUT2D eigenvalue weighted by molar-refractivity contribution is 6.32. The molecular formula is C18H17ClN2O4. The molecule has 1 aromatic carbocycles. The first kappa shape index (κ1) is 16.3. The summed E-state index contributed by atoms with van der Waals surface area (Å²) < 4.78 is 11.7. The number of phenolic OH excluding ortho intramolecular Hbond substituents is 1. The summed E-state index contributed by atoms with van der Waals surface area (Å²) in [5, 5.41) is 9.68. The molecule has 1 aromatic heterocycles. The van der Waals surface area contributed by atoms with Crippen molar-refractivity contribution in [2.45, 2.75) is 18.1 Å². The molecule has 25 heavy (non-hydrogen) atoms. The fourth-order valence-electron chi connectivity index (χ4n) is 3.46. The number of amides is 1. The zero-order chi connectivity index (χ0) is 17.4. The van der Waals surface area contributed by atoms with E-state index in [2.05, 4.69) is 4.98 Å². The average molecular weight is 361 g/mol. The van der Waals surface area contributed by atoms with Gasteiger partial charge in [-0.3, -0.25) is 9.78 Å². The summed E-state index contributed by atoms with van der Waals surface area (Å²) in [5.41, 5.74) is 0.661. The summed E-state index contributed by atoms with van der Waals surface area (Å²) in [5.74, 6) is -0.189. The van der Waals surface area contributed by atoms with E-state index in [-0.39, 0.29) is 29.6 Å². The van der Waals surface area contributed by atoms with Crippen LogP contribution in [0.5, 0.6) is 5.75 Å². The quantitative estimate of drug-likeness (QED) is 0.891. The highest BCUT2D eigenvalue weighted by Crippen LogP contribution is 2.41. The normalized spacial score (nSPS) is 25.6. The van der Waals surface area contributed by atoms with Crippen molar-refractivity contribution in [2.24, 2.45) is 0 Å². The summed E-state index contributed by atoms with van der Waals surface area (Å²) >= 11 is 5.91. The number of nitrogens with zero attached hydrogens (tertiary/aromatic N) is 2. The van der Waals surface area contributed by atoms with Gasteiger partial charge in [-0.2, -0.15) is 0 Å². The first-order valence-corrected chi connectivity index (χ1v) is 8.43. The van der Waals surface area contributed by atoms with Crippen LogP contribution in [0.25, 0.3) is 0 Å². The molecule has 1 N–H and O–H groups in total. The Bertz CT molecular complexity index is 801. The van der Waals surface area contributed by atoms with Crippen molar-refractivity contribution >= 4 is 17.5 Å². The second kappa shape index (κ2) is 6.29. The molecule has 1 amide bonds. The van der Waals surface area contributed by atoms with Crippen LogP contribution in [-0.4, -0.2) is 46.9 Å². The summed E-state index contributed by atoms with van der Waals surface area (Å²) in [4.78, 5) is 18.9. The van der Waals surface area contributed by atoms with Gasteiger partial charge >= 0.3 is 0 Å². The first-order valence-electron chi connectivity index (χ1n) is 8.05. The molecule has 0 spiro atoms. The van der Waals surface area contributed by atoms with Gasteiger partial charge in [-0.05, 0) is 30.3 Å². The molecule has 6 nitrogen and oxygen atoms in total. The molecule has 2 aliphatic heterocycles. The van der Waals surface area contributed by atoms with E-state index in [4.69, 9.17) is 21.1 Å². The molecule has 2 saturated heterocycles. The minimum Gasteiger partial charge on any atom is -0.506 e. The van der Waals surface area contributed by atoms with Gasteiger partial charge in [0.1, 0.15) is 24.2 Å². The molecule has 0 bridgehead atoms. The molecule has 3 heterocycles. The number of phenols is 1. The van der Waals surface area contributed by atoms with Crippen molar-refractivity contribution in [3.8, 4) is 5.75 Å². The smallest absolute Gasteiger partial charge is 0.254 e. The first-order chi connectivity index (χ1) is 12.1. The lowest BCUT2D eigenvalue weighted by Crippen LogP contribution is -2.53. The molecule has 2 atom stereocenters. The van der Waals surface area contributed by atoms with Gasteiger partial charge in [0.05, 0.1) is 17.3 Å². The van der Waals surface area contributed by atoms with Gasteiger partial charge in [0, 0.05) is 24.7 Å². The maximum Gasteiger partial charge on any atom is 0.254 e. The fourth-order valence-corrected chi connectivity index (χ4v) is 3.64. The van der Waals surface area contributed by atoms with Gasteiger partial charge in [-0.1, -0.05) is 17.7 Å². The van der Waals surface area contributed by atoms with E-state index in [1.165, 1.54) is 12.1 Å². The van der Waals surface area contributed by atoms with Crippen molar-refractivity contribution in [3.63, 3.8) is 0 Å². The molecule has 4 rings (SSSR count). The molecule has 2 aliphatic rings. The van der Waals surface area contributed by atoms with Crippen LogP contribution in [0.4, 0.5) is 0 Å². The van der Waals surface area contributed by atoms with Crippen LogP contribution in [0.1, 0.15) is 22.5 Å². The van der Waals surface area contributed by atoms with E-state index in [0.29, 0.717) is 25.1 Å². The number of likely N-dealkylation sites (tertiary alicyclic amines) is 1. The molecular weight excluding hydrogens is 344 g/mol. The predicted molar refractivity (Wildman–Crippen MR) is 90.4 cm³/mol. The number of piperidine rings is 1. The number of aromatic nitrogens is 1. The standard InChI is InChI=1S/C18H17ClN2O4/c19-13-9-12(4-5-14(13)22)17(23)21-8-6-18(15-3-1-2-7-20-15)16(10-21)24-11-25-18/h1-5,7,9,16,22H,6,8,10-11H2/t16?,18-/m1/s1. The van der Waals surface area contributed by atoms with E-state index in [1.54, 1.807) is 17.2 Å². The van der Waals surface area contributed by atoms with Crippen LogP contribution in [0.3, 0.4) is 0 Å². The van der Waals surface area contributed by atoms with Crippen LogP contribution in [0, 0.1) is 0 Å². The van der Waals surface area contributed by atoms with Crippen LogP contribution in [0.15, 0.2) is 42.6 Å². The molecule has 2 fully saturated rings. The van der Waals surface area contributed by atoms with Crippen LogP contribution in [0.2, 0.25) is 5.02 Å². The second-order valence-electron chi connectivity index (χ2n) is 6.19. The second-order valence-corrected chi connectivity index (χ2v) is 6.60. The minimum atomic E-state index is -0.607. The van der Waals surface area contributed by atoms with E-state index in [1.807, 2.05) is 18.2 Å². The van der Waals surface area contributed by atoms with Gasteiger partial charge in [-0.25, -0.2) is 0 Å². The maximum atomic E-state index is 12.8. The van der Waals surface area contributed by atoms with Gasteiger partial charge in [0.15, 0.2) is 0 Å². The van der Waals surface area contributed by atoms with E-state index >= 15 is 0 Å². The Morgan fingerprint density at radius 2 is 2.24 bits per heavy atom. The predicted octanol–water partition coefficient (Wildman–Crippen LogP) is 2.55. The Morgan fingerprint density at radius 3 is 3.00 bits per heavy atom. The van der Waals surface area contributed by atoms with E-state index in [9.17, 15) is 9.90 Å². The van der Waals surface area contributed by atoms with Crippen molar-refractivity contribution in [2.75, 3.05) is 19.9 Å². The molecule has 1 unspecified atom stereocenters. The molecule has 0 saturated carbocycles. The molecule has 0 radical (unpaired) electrons. The number of aromatic hydroxyl groups is 1. The lowest BCUT2D eigenvalue weighted by atomic mass is 9.85. The topological polar surface area (TPSA) is 71.9 Å². The number of hydrogen-bond acceptors (Lipinski definition) is 5. The Labute approximate surface area is 149 Å². The largest absolute Gasteiger partial charge is 0.506 e. The maximum absolute atomic E-state index is 12.8. The summed E-state index contributed by atoms with van der Waals surface area (Å²) in [6.45, 7) is 1.12. The van der Waals surface area contributed by atoms with Gasteiger partial charge in [0.25, 0.3) is 5.91 Å². The zero-order valence-corrected chi connectivity index (χ0v) is 14.1. The van der Waals surface area contributed by atoms with Crippen LogP contribution in [-0.2, 0) is 15.1 Å². The third-order valence-electron chi connectivity index (χ3n) is 4.83. The monoisotopic (exact) mass is 360 g/mol. The Hall–Kier alpha value is -2.15. The van der Waals surface area contributed by atoms with Gasteiger partial charge in [0.2, 0.25) is 0 Å². The third-order valence-corrected chi connectivity index (χ3v) is 5.13. The Balaban J connectivity index is 1.57. The molecule has 2 aromatic rings. The number of carbonyl (C=O) groups is 1. The SMILES string of the molecule is O=C(c1ccc(O)c(Cl)c1)N1CC[C@]2(c3ccccn3)OCOC2C1. The summed E-state index contributed by atoms with van der Waals surface area (Å²) in [7, 11) is 0. The molecule has 7 heteroatoms. The lowest BCUT2D eigenvalue weighted by Gasteiger charge is -2.41. The zero-order valence-electron chi connectivity index (χ0n) is 13.4. The minimum absolute atomic E-state index is 0.0430. The number of hydrogen-bond donors (Lipinski definition) is 1. The Morgan fingerprint density at radius 1 is 1.36 bits per heavy atom. The van der Waals surface area contributed by atoms with Crippen molar-refractivity contribution in [1.82, 2.24) is 9.88 Å². The number of fused-ring (bicyclic) bond motifs is 1. The van der Waals surface area contributed by atoms with Gasteiger partial charge in [-0.15, -0.1) is 0 Å². The van der Waals surface area contributed by atoms with E-state index in [0.717, 1.165) is 5.69 Å². The highest BCUT2D eigenvalue weighted by atomic mass is 35.5. The number of benzene rings is 1. The van der Waals surface area contributed by atoms with Crippen molar-refractivity contribution < 1.29 is 19.4 Å². The lowest BCUT2D eigenvalue weighted by molar-refractivity contribution is -0.0470.